The number of hydrogen-bond donors (Lipinski definition) is 1. The Kier molecular flexibility index (Phi) is 6.63. The van der Waals surface area contributed by atoms with Crippen LogP contribution in [0.3, 0.4) is 0 Å². The highest BCUT2D eigenvalue weighted by atomic mass is 14.6. The minimum absolute atomic E-state index is 0.381. The summed E-state index contributed by atoms with van der Waals surface area (Å²) in [4.78, 5) is 0. The van der Waals surface area contributed by atoms with Crippen LogP contribution in [-0.4, -0.2) is 6.04 Å². The Morgan fingerprint density at radius 2 is 1.82 bits per heavy atom. The lowest BCUT2D eigenvalue weighted by molar-refractivity contribution is 0.432. The standard InChI is InChI=1S/C10H23N/c1-4-5-6-7-9(2)8-10(3)11/h9-10H,4-8,11H2,1-3H3. The molecule has 2 atom stereocenters. The molecular formula is C10H23N. The van der Waals surface area contributed by atoms with E-state index < -0.39 is 0 Å². The molecule has 1 nitrogen and oxygen atoms in total. The van der Waals surface area contributed by atoms with E-state index in [-0.39, 0.29) is 0 Å². The summed E-state index contributed by atoms with van der Waals surface area (Å²) in [6.07, 6.45) is 6.62. The maximum absolute atomic E-state index is 5.70. The molecule has 0 aromatic rings. The van der Waals surface area contributed by atoms with Crippen molar-refractivity contribution >= 4 is 0 Å². The zero-order valence-corrected chi connectivity index (χ0v) is 8.27. The largest absolute Gasteiger partial charge is 0.328 e. The zero-order valence-electron chi connectivity index (χ0n) is 8.27. The lowest BCUT2D eigenvalue weighted by Crippen LogP contribution is -2.18. The van der Waals surface area contributed by atoms with Gasteiger partial charge in [0.25, 0.3) is 0 Å². The van der Waals surface area contributed by atoms with Crippen molar-refractivity contribution < 1.29 is 0 Å². The fourth-order valence-electron chi connectivity index (χ4n) is 1.50. The lowest BCUT2D eigenvalue weighted by atomic mass is 9.97. The van der Waals surface area contributed by atoms with E-state index in [1.54, 1.807) is 0 Å². The van der Waals surface area contributed by atoms with E-state index in [0.717, 1.165) is 5.92 Å². The Balaban J connectivity index is 3.15. The molecule has 0 aliphatic heterocycles. The Morgan fingerprint density at radius 3 is 2.27 bits per heavy atom. The van der Waals surface area contributed by atoms with Crippen LogP contribution in [0.15, 0.2) is 0 Å². The van der Waals surface area contributed by atoms with Crippen molar-refractivity contribution in [2.45, 2.75) is 58.9 Å². The molecular weight excluding hydrogens is 134 g/mol. The maximum atomic E-state index is 5.70. The van der Waals surface area contributed by atoms with Crippen LogP contribution in [0.2, 0.25) is 0 Å². The predicted octanol–water partition coefficient (Wildman–Crippen LogP) is 2.94. The number of nitrogens with two attached hydrogens (primary N) is 1. The second-order valence-electron chi connectivity index (χ2n) is 3.81. The third kappa shape index (κ3) is 7.86. The summed E-state index contributed by atoms with van der Waals surface area (Å²) in [5.74, 6) is 0.821. The van der Waals surface area contributed by atoms with Gasteiger partial charge in [0.2, 0.25) is 0 Å². The van der Waals surface area contributed by atoms with Gasteiger partial charge < -0.3 is 5.73 Å². The van der Waals surface area contributed by atoms with E-state index in [0.29, 0.717) is 6.04 Å². The maximum Gasteiger partial charge on any atom is 0.00130 e. The fourth-order valence-corrected chi connectivity index (χ4v) is 1.50. The summed E-state index contributed by atoms with van der Waals surface area (Å²) in [7, 11) is 0. The normalized spacial score (nSPS) is 16.4. The Hall–Kier alpha value is -0.0400. The molecule has 1 heteroatoms. The van der Waals surface area contributed by atoms with Crippen LogP contribution in [-0.2, 0) is 0 Å². The van der Waals surface area contributed by atoms with E-state index in [1.807, 2.05) is 0 Å². The third-order valence-corrected chi connectivity index (χ3v) is 2.07. The molecule has 2 unspecified atom stereocenters. The van der Waals surface area contributed by atoms with Gasteiger partial charge in [-0.05, 0) is 19.3 Å². The smallest absolute Gasteiger partial charge is 0.00130 e. The van der Waals surface area contributed by atoms with Gasteiger partial charge in [-0.1, -0.05) is 39.5 Å². The zero-order chi connectivity index (χ0) is 8.69. The fraction of sp³-hybridized carbons (Fsp3) is 1.00. The van der Waals surface area contributed by atoms with Crippen LogP contribution in [0.1, 0.15) is 52.9 Å². The summed E-state index contributed by atoms with van der Waals surface area (Å²) in [6.45, 7) is 6.64. The van der Waals surface area contributed by atoms with Gasteiger partial charge in [-0.3, -0.25) is 0 Å². The van der Waals surface area contributed by atoms with Crippen LogP contribution in [0.4, 0.5) is 0 Å². The lowest BCUT2D eigenvalue weighted by Gasteiger charge is -2.12. The van der Waals surface area contributed by atoms with Gasteiger partial charge >= 0.3 is 0 Å². The van der Waals surface area contributed by atoms with Gasteiger partial charge in [0, 0.05) is 6.04 Å². The van der Waals surface area contributed by atoms with E-state index in [9.17, 15) is 0 Å². The minimum Gasteiger partial charge on any atom is -0.328 e. The summed E-state index contributed by atoms with van der Waals surface area (Å²) in [5.41, 5.74) is 5.70. The van der Waals surface area contributed by atoms with Crippen LogP contribution in [0.25, 0.3) is 0 Å². The molecule has 0 aliphatic carbocycles. The van der Waals surface area contributed by atoms with Crippen molar-refractivity contribution in [1.82, 2.24) is 0 Å². The summed E-state index contributed by atoms with van der Waals surface area (Å²) < 4.78 is 0. The summed E-state index contributed by atoms with van der Waals surface area (Å²) in [5, 5.41) is 0. The van der Waals surface area contributed by atoms with Gasteiger partial charge in [-0.2, -0.15) is 0 Å². The Morgan fingerprint density at radius 1 is 1.18 bits per heavy atom. The van der Waals surface area contributed by atoms with Gasteiger partial charge in [-0.25, -0.2) is 0 Å². The topological polar surface area (TPSA) is 26.0 Å². The molecule has 0 radical (unpaired) electrons. The first-order chi connectivity index (χ1) is 5.16. The Labute approximate surface area is 71.4 Å². The number of unbranched alkanes of at least 4 members (excludes halogenated alkanes) is 2. The molecule has 0 saturated carbocycles. The molecule has 0 heterocycles. The number of hydrogen-bond acceptors (Lipinski definition) is 1. The first kappa shape index (κ1) is 11.0. The molecule has 0 spiro atoms. The van der Waals surface area contributed by atoms with E-state index in [4.69, 9.17) is 5.73 Å². The van der Waals surface area contributed by atoms with E-state index >= 15 is 0 Å². The average molecular weight is 157 g/mol. The molecule has 0 rings (SSSR count). The molecule has 0 aromatic heterocycles. The highest BCUT2D eigenvalue weighted by Crippen LogP contribution is 2.13. The highest BCUT2D eigenvalue weighted by Gasteiger charge is 2.03. The molecule has 68 valence electrons. The second-order valence-corrected chi connectivity index (χ2v) is 3.81. The van der Waals surface area contributed by atoms with Crippen molar-refractivity contribution in [3.8, 4) is 0 Å². The van der Waals surface area contributed by atoms with Crippen molar-refractivity contribution in [1.29, 1.82) is 0 Å². The molecule has 0 amide bonds. The summed E-state index contributed by atoms with van der Waals surface area (Å²) >= 11 is 0. The Bertz CT molecular complexity index is 78.9. The van der Waals surface area contributed by atoms with Gasteiger partial charge in [0.1, 0.15) is 0 Å². The monoisotopic (exact) mass is 157 g/mol. The first-order valence-corrected chi connectivity index (χ1v) is 4.92. The van der Waals surface area contributed by atoms with Crippen LogP contribution < -0.4 is 5.73 Å². The summed E-state index contributed by atoms with van der Waals surface area (Å²) in [6, 6.07) is 0.381. The SMILES string of the molecule is CCCCCC(C)CC(C)N. The van der Waals surface area contributed by atoms with E-state index in [2.05, 4.69) is 20.8 Å². The third-order valence-electron chi connectivity index (χ3n) is 2.07. The van der Waals surface area contributed by atoms with Gasteiger partial charge in [-0.15, -0.1) is 0 Å². The van der Waals surface area contributed by atoms with Crippen molar-refractivity contribution in [2.75, 3.05) is 0 Å². The average Bonchev–Trinajstić information content (AvgIpc) is 1.86. The van der Waals surface area contributed by atoms with Crippen molar-refractivity contribution in [3.05, 3.63) is 0 Å². The van der Waals surface area contributed by atoms with Crippen molar-refractivity contribution in [2.24, 2.45) is 11.7 Å². The molecule has 11 heavy (non-hydrogen) atoms. The van der Waals surface area contributed by atoms with Crippen LogP contribution in [0, 0.1) is 5.92 Å². The first-order valence-electron chi connectivity index (χ1n) is 4.92. The van der Waals surface area contributed by atoms with Gasteiger partial charge in [0.15, 0.2) is 0 Å². The molecule has 2 N–H and O–H groups in total. The molecule has 0 aromatic carbocycles. The van der Waals surface area contributed by atoms with Crippen molar-refractivity contribution in [3.63, 3.8) is 0 Å². The second kappa shape index (κ2) is 6.66. The molecule has 0 aliphatic rings. The van der Waals surface area contributed by atoms with Gasteiger partial charge in [0.05, 0.1) is 0 Å². The molecule has 0 fully saturated rings. The predicted molar refractivity (Wildman–Crippen MR) is 51.6 cm³/mol. The van der Waals surface area contributed by atoms with E-state index in [1.165, 1.54) is 32.1 Å². The number of rotatable bonds is 6. The molecule has 0 saturated heterocycles. The van der Waals surface area contributed by atoms with Crippen LogP contribution >= 0.6 is 0 Å². The highest BCUT2D eigenvalue weighted by molar-refractivity contribution is 4.60. The molecule has 0 bridgehead atoms. The quantitative estimate of drug-likeness (QED) is 0.589. The minimum atomic E-state index is 0.381. The van der Waals surface area contributed by atoms with Crippen LogP contribution in [0.5, 0.6) is 0 Å².